The van der Waals surface area contributed by atoms with Crippen LogP contribution in [-0.4, -0.2) is 83.4 Å². The first-order valence-electron chi connectivity index (χ1n) is 19.9. The third kappa shape index (κ3) is 7.94. The number of aromatic nitrogens is 3. The van der Waals surface area contributed by atoms with Gasteiger partial charge in [0.2, 0.25) is 11.9 Å². The van der Waals surface area contributed by atoms with Gasteiger partial charge in [-0.3, -0.25) is 9.69 Å². The maximum absolute atomic E-state index is 13.4. The largest absolute Gasteiger partial charge is 0.496 e. The molecule has 1 aliphatic carbocycles. The Labute approximate surface area is 341 Å². The van der Waals surface area contributed by atoms with Crippen molar-refractivity contribution < 1.29 is 33.0 Å². The van der Waals surface area contributed by atoms with Gasteiger partial charge in [0.1, 0.15) is 22.6 Å². The maximum Gasteiger partial charge on any atom is 0.339 e. The number of fused-ring (bicyclic) bond motifs is 6. The van der Waals surface area contributed by atoms with Crippen LogP contribution >= 0.6 is 0 Å². The van der Waals surface area contributed by atoms with Crippen molar-refractivity contribution in [2.75, 3.05) is 51.8 Å². The summed E-state index contributed by atoms with van der Waals surface area (Å²) in [6, 6.07) is 25.8. The molecule has 4 aromatic carbocycles. The Bertz CT molecular complexity index is 2450. The van der Waals surface area contributed by atoms with Crippen molar-refractivity contribution in [1.82, 2.24) is 24.8 Å². The Morgan fingerprint density at radius 1 is 0.831 bits per heavy atom. The highest BCUT2D eigenvalue weighted by molar-refractivity contribution is 6.03. The molecule has 0 radical (unpaired) electrons. The second-order valence-corrected chi connectivity index (χ2v) is 14.9. The number of amides is 1. The molecule has 9 rings (SSSR count). The number of aryl methyl sites for hydroxylation is 1. The molecule has 304 valence electrons. The molecule has 0 bridgehead atoms. The SMILES string of the molecule is COc1cccc(OC)c1CNC(=O)C1c2ccccc2-c2ccccc21.O=C(O)c1c2n(c3cnc(N4CCN(CCc5ccc(F)c(F)c5)CC4)nc13)CCCC2. The topological polar surface area (TPSA) is 122 Å². The van der Waals surface area contributed by atoms with Gasteiger partial charge in [0.15, 0.2) is 11.6 Å². The van der Waals surface area contributed by atoms with Crippen molar-refractivity contribution in [1.29, 1.82) is 0 Å². The van der Waals surface area contributed by atoms with Gasteiger partial charge in [0.25, 0.3) is 0 Å². The molecule has 3 aliphatic rings. The van der Waals surface area contributed by atoms with E-state index in [1.165, 1.54) is 12.1 Å². The molecule has 4 heterocycles. The minimum Gasteiger partial charge on any atom is -0.496 e. The van der Waals surface area contributed by atoms with Crippen LogP contribution in [0.25, 0.3) is 22.2 Å². The summed E-state index contributed by atoms with van der Waals surface area (Å²) in [6.07, 6.45) is 5.18. The molecular weight excluding hydrogens is 755 g/mol. The molecule has 59 heavy (non-hydrogen) atoms. The first kappa shape index (κ1) is 39.5. The third-order valence-corrected chi connectivity index (χ3v) is 11.6. The number of nitrogens with zero attached hydrogens (tertiary/aromatic N) is 5. The number of aromatic carboxylic acids is 1. The highest BCUT2D eigenvalue weighted by Gasteiger charge is 2.33. The predicted octanol–water partition coefficient (Wildman–Crippen LogP) is 7.24. The number of anilines is 1. The van der Waals surface area contributed by atoms with E-state index < -0.39 is 17.6 Å². The zero-order chi connectivity index (χ0) is 41.0. The van der Waals surface area contributed by atoms with Gasteiger partial charge in [-0.1, -0.05) is 60.7 Å². The van der Waals surface area contributed by atoms with E-state index >= 15 is 0 Å². The lowest BCUT2D eigenvalue weighted by atomic mass is 9.96. The van der Waals surface area contributed by atoms with Crippen LogP contribution in [0.1, 0.15) is 57.1 Å². The van der Waals surface area contributed by atoms with Crippen LogP contribution in [0.2, 0.25) is 0 Å². The highest BCUT2D eigenvalue weighted by Crippen LogP contribution is 2.44. The van der Waals surface area contributed by atoms with Crippen LogP contribution in [-0.2, 0) is 30.7 Å². The fourth-order valence-electron chi connectivity index (χ4n) is 8.59. The normalized spacial score (nSPS) is 14.8. The molecule has 0 saturated carbocycles. The minimum atomic E-state index is -0.933. The molecule has 2 aliphatic heterocycles. The Kier molecular flexibility index (Phi) is 11.5. The van der Waals surface area contributed by atoms with Gasteiger partial charge in [-0.05, 0) is 77.8 Å². The van der Waals surface area contributed by atoms with Crippen LogP contribution in [0.15, 0.2) is 91.1 Å². The summed E-state index contributed by atoms with van der Waals surface area (Å²) >= 11 is 0. The number of hydrogen-bond donors (Lipinski definition) is 2. The summed E-state index contributed by atoms with van der Waals surface area (Å²) in [5.41, 5.74) is 8.44. The second kappa shape index (κ2) is 17.3. The number of carboxylic acids is 1. The zero-order valence-corrected chi connectivity index (χ0v) is 33.1. The third-order valence-electron chi connectivity index (χ3n) is 11.6. The predicted molar refractivity (Wildman–Crippen MR) is 221 cm³/mol. The average Bonchev–Trinajstić information content (AvgIpc) is 3.79. The van der Waals surface area contributed by atoms with E-state index in [9.17, 15) is 23.5 Å². The molecule has 1 fully saturated rings. The molecule has 1 saturated heterocycles. The number of benzene rings is 4. The summed E-state index contributed by atoms with van der Waals surface area (Å²) in [5.74, 6) is -0.954. The van der Waals surface area contributed by atoms with Crippen LogP contribution in [0.5, 0.6) is 11.5 Å². The van der Waals surface area contributed by atoms with Gasteiger partial charge >= 0.3 is 5.97 Å². The Hall–Kier alpha value is -6.34. The van der Waals surface area contributed by atoms with Crippen LogP contribution in [0.3, 0.4) is 0 Å². The molecule has 0 atom stereocenters. The summed E-state index contributed by atoms with van der Waals surface area (Å²) < 4.78 is 39.4. The highest BCUT2D eigenvalue weighted by atomic mass is 19.2. The van der Waals surface area contributed by atoms with Gasteiger partial charge < -0.3 is 29.4 Å². The van der Waals surface area contributed by atoms with E-state index in [4.69, 9.17) is 9.47 Å². The van der Waals surface area contributed by atoms with Crippen LogP contribution in [0.4, 0.5) is 14.7 Å². The van der Waals surface area contributed by atoms with Crippen LogP contribution in [0, 0.1) is 11.6 Å². The number of rotatable bonds is 10. The molecule has 11 nitrogen and oxygen atoms in total. The zero-order valence-electron chi connectivity index (χ0n) is 33.1. The van der Waals surface area contributed by atoms with Gasteiger partial charge in [0.05, 0.1) is 44.0 Å². The van der Waals surface area contributed by atoms with E-state index in [2.05, 4.69) is 41.8 Å². The fraction of sp³-hybridized carbons (Fsp3) is 0.304. The van der Waals surface area contributed by atoms with Crippen LogP contribution < -0.4 is 19.7 Å². The summed E-state index contributed by atoms with van der Waals surface area (Å²) in [6.45, 7) is 4.93. The number of halogens is 2. The van der Waals surface area contributed by atoms with Crippen molar-refractivity contribution in [3.8, 4) is 22.6 Å². The molecule has 0 spiro atoms. The number of hydrogen-bond acceptors (Lipinski definition) is 8. The monoisotopic (exact) mass is 800 g/mol. The van der Waals surface area contributed by atoms with E-state index in [1.54, 1.807) is 26.5 Å². The number of nitrogens with one attached hydrogen (secondary N) is 1. The lowest BCUT2D eigenvalue weighted by Crippen LogP contribution is -2.47. The standard InChI is InChI=1S/C23H25F2N5O2.C23H21NO3/c24-16-5-4-15(13-17(16)25)6-8-28-9-11-29(12-10-28)23-26-14-19-21(27-23)20(22(31)32)18-3-1-2-7-30(18)19;1-26-20-12-7-13-21(27-2)19(20)14-24-23(25)22-17-10-5-3-8-15(17)16-9-4-6-11-18(16)22/h4-5,13-14H,1-3,6-12H2,(H,31,32);3-13,22H,14H2,1-2H3,(H,24,25). The number of carbonyl (C=O) groups excluding carboxylic acids is 1. The van der Waals surface area contributed by atoms with Crippen molar-refractivity contribution in [3.05, 3.63) is 136 Å². The molecule has 1 amide bonds. The Morgan fingerprint density at radius 2 is 1.51 bits per heavy atom. The first-order chi connectivity index (χ1) is 28.7. The van der Waals surface area contributed by atoms with E-state index in [0.717, 1.165) is 103 Å². The van der Waals surface area contributed by atoms with Crippen molar-refractivity contribution >= 4 is 28.9 Å². The van der Waals surface area contributed by atoms with E-state index in [-0.39, 0.29) is 11.8 Å². The molecule has 0 unspecified atom stereocenters. The fourth-order valence-corrected chi connectivity index (χ4v) is 8.59. The summed E-state index contributed by atoms with van der Waals surface area (Å²) in [5, 5.41) is 12.9. The Balaban J connectivity index is 0.000000167. The molecule has 2 aromatic heterocycles. The van der Waals surface area contributed by atoms with Gasteiger partial charge in [-0.15, -0.1) is 0 Å². The minimum absolute atomic E-state index is 0.0274. The molecular formula is C46H46F2N6O5. The molecule has 6 aromatic rings. The summed E-state index contributed by atoms with van der Waals surface area (Å²) in [4.78, 5) is 38.7. The molecule has 13 heteroatoms. The number of carboxylic acid groups (broad SMARTS) is 1. The summed E-state index contributed by atoms with van der Waals surface area (Å²) in [7, 11) is 3.23. The number of ether oxygens (including phenoxy) is 2. The lowest BCUT2D eigenvalue weighted by molar-refractivity contribution is -0.121. The van der Waals surface area contributed by atoms with Gasteiger partial charge in [-0.2, -0.15) is 0 Å². The van der Waals surface area contributed by atoms with Gasteiger partial charge in [0, 0.05) is 45.0 Å². The van der Waals surface area contributed by atoms with E-state index in [1.807, 2.05) is 54.6 Å². The van der Waals surface area contributed by atoms with Crippen molar-refractivity contribution in [3.63, 3.8) is 0 Å². The quantitative estimate of drug-likeness (QED) is 0.148. The van der Waals surface area contributed by atoms with Crippen molar-refractivity contribution in [2.24, 2.45) is 0 Å². The number of carbonyl (C=O) groups is 2. The average molecular weight is 801 g/mol. The Morgan fingerprint density at radius 3 is 2.15 bits per heavy atom. The second-order valence-electron chi connectivity index (χ2n) is 14.9. The molecule has 2 N–H and O–H groups in total. The number of methoxy groups -OCH3 is 2. The first-order valence-corrected chi connectivity index (χ1v) is 19.9. The van der Waals surface area contributed by atoms with E-state index in [0.29, 0.717) is 41.5 Å². The van der Waals surface area contributed by atoms with Crippen molar-refractivity contribution in [2.45, 2.75) is 44.7 Å². The maximum atomic E-state index is 13.4. The smallest absolute Gasteiger partial charge is 0.339 e. The van der Waals surface area contributed by atoms with Gasteiger partial charge in [-0.25, -0.2) is 23.5 Å². The number of piperazine rings is 1. The lowest BCUT2D eigenvalue weighted by Gasteiger charge is -2.34.